The fourth-order valence-electron chi connectivity index (χ4n) is 3.15. The summed E-state index contributed by atoms with van der Waals surface area (Å²) >= 11 is 0. The number of pyridine rings is 1. The van der Waals surface area contributed by atoms with E-state index in [9.17, 15) is 4.79 Å². The standard InChI is InChI=1S/C18H20N6O2/c1-12-10-19-15-6-7-16(22-24(12)15)23-9-8-13(11-23)20-18(25)14-4-3-5-17(21-14)26-2/h3-7,10,13H,8-9,11H2,1-2H3,(H,20,25)/t13-/m0/s1. The molecule has 3 aromatic rings. The van der Waals surface area contributed by atoms with E-state index >= 15 is 0 Å². The van der Waals surface area contributed by atoms with Crippen LogP contribution in [0.3, 0.4) is 0 Å². The maximum Gasteiger partial charge on any atom is 0.270 e. The first-order chi connectivity index (χ1) is 12.6. The van der Waals surface area contributed by atoms with Crippen LogP contribution < -0.4 is 15.0 Å². The fourth-order valence-corrected chi connectivity index (χ4v) is 3.15. The SMILES string of the molecule is COc1cccc(C(=O)N[C@H]2CCN(c3ccc4ncc(C)n4n3)C2)n1. The van der Waals surface area contributed by atoms with Gasteiger partial charge in [0.25, 0.3) is 5.91 Å². The van der Waals surface area contributed by atoms with Crippen molar-refractivity contribution in [3.05, 3.63) is 47.9 Å². The minimum absolute atomic E-state index is 0.0527. The number of nitrogens with one attached hydrogen (secondary N) is 1. The molecule has 1 amide bonds. The zero-order chi connectivity index (χ0) is 18.1. The summed E-state index contributed by atoms with van der Waals surface area (Å²) in [6.07, 6.45) is 2.67. The Kier molecular flexibility index (Phi) is 4.16. The number of aromatic nitrogens is 4. The zero-order valence-electron chi connectivity index (χ0n) is 14.7. The molecule has 0 radical (unpaired) electrons. The molecule has 1 N–H and O–H groups in total. The van der Waals surface area contributed by atoms with Crippen LogP contribution in [-0.4, -0.2) is 51.7 Å². The summed E-state index contributed by atoms with van der Waals surface area (Å²) in [7, 11) is 1.53. The first-order valence-corrected chi connectivity index (χ1v) is 8.52. The van der Waals surface area contributed by atoms with Gasteiger partial charge in [-0.05, 0) is 31.5 Å². The van der Waals surface area contributed by atoms with Crippen LogP contribution in [0.1, 0.15) is 22.6 Å². The predicted molar refractivity (Wildman–Crippen MR) is 96.6 cm³/mol. The van der Waals surface area contributed by atoms with Crippen molar-refractivity contribution in [3.63, 3.8) is 0 Å². The second-order valence-corrected chi connectivity index (χ2v) is 6.33. The number of methoxy groups -OCH3 is 1. The third-order valence-corrected chi connectivity index (χ3v) is 4.53. The molecule has 3 aromatic heterocycles. The van der Waals surface area contributed by atoms with Crippen molar-refractivity contribution in [1.82, 2.24) is 24.9 Å². The second-order valence-electron chi connectivity index (χ2n) is 6.33. The summed E-state index contributed by atoms with van der Waals surface area (Å²) in [5, 5.41) is 7.69. The Labute approximate surface area is 150 Å². The monoisotopic (exact) mass is 352 g/mol. The average molecular weight is 352 g/mol. The summed E-state index contributed by atoms with van der Waals surface area (Å²) in [5.41, 5.74) is 2.19. The number of hydrogen-bond acceptors (Lipinski definition) is 6. The van der Waals surface area contributed by atoms with Crippen molar-refractivity contribution < 1.29 is 9.53 Å². The lowest BCUT2D eigenvalue weighted by Gasteiger charge is -2.18. The molecule has 134 valence electrons. The van der Waals surface area contributed by atoms with E-state index in [1.165, 1.54) is 7.11 Å². The molecule has 1 saturated heterocycles. The molecule has 4 heterocycles. The lowest BCUT2D eigenvalue weighted by Crippen LogP contribution is -2.37. The van der Waals surface area contributed by atoms with E-state index < -0.39 is 0 Å². The highest BCUT2D eigenvalue weighted by Crippen LogP contribution is 2.19. The summed E-state index contributed by atoms with van der Waals surface area (Å²) in [4.78, 5) is 23.1. The number of aryl methyl sites for hydroxylation is 1. The molecule has 8 heteroatoms. The van der Waals surface area contributed by atoms with E-state index in [-0.39, 0.29) is 11.9 Å². The first-order valence-electron chi connectivity index (χ1n) is 8.52. The largest absolute Gasteiger partial charge is 0.481 e. The molecule has 26 heavy (non-hydrogen) atoms. The molecule has 1 fully saturated rings. The lowest BCUT2D eigenvalue weighted by atomic mass is 10.2. The molecule has 0 aliphatic carbocycles. The van der Waals surface area contributed by atoms with Crippen molar-refractivity contribution in [2.75, 3.05) is 25.1 Å². The molecular weight excluding hydrogens is 332 g/mol. The van der Waals surface area contributed by atoms with Gasteiger partial charge in [0.05, 0.1) is 19.0 Å². The van der Waals surface area contributed by atoms with Crippen molar-refractivity contribution in [2.45, 2.75) is 19.4 Å². The van der Waals surface area contributed by atoms with Crippen LogP contribution in [0, 0.1) is 6.92 Å². The third-order valence-electron chi connectivity index (χ3n) is 4.53. The molecule has 0 bridgehead atoms. The molecule has 4 rings (SSSR count). The maximum absolute atomic E-state index is 12.4. The van der Waals surface area contributed by atoms with Crippen LogP contribution in [0.25, 0.3) is 5.65 Å². The molecule has 0 unspecified atom stereocenters. The highest BCUT2D eigenvalue weighted by atomic mass is 16.5. The second kappa shape index (κ2) is 6.62. The number of ether oxygens (including phenoxy) is 1. The number of fused-ring (bicyclic) bond motifs is 1. The van der Waals surface area contributed by atoms with Gasteiger partial charge in [-0.1, -0.05) is 6.07 Å². The molecular formula is C18H20N6O2. The number of anilines is 1. The zero-order valence-corrected chi connectivity index (χ0v) is 14.7. The fraction of sp³-hybridized carbons (Fsp3) is 0.333. The summed E-state index contributed by atoms with van der Waals surface area (Å²) in [6.45, 7) is 3.52. The Hall–Kier alpha value is -3.16. The predicted octanol–water partition coefficient (Wildman–Crippen LogP) is 1.45. The van der Waals surface area contributed by atoms with Gasteiger partial charge in [0.1, 0.15) is 11.5 Å². The van der Waals surface area contributed by atoms with E-state index in [1.807, 2.05) is 23.6 Å². The van der Waals surface area contributed by atoms with Gasteiger partial charge in [0, 0.05) is 25.2 Å². The first kappa shape index (κ1) is 16.3. The number of hydrogen-bond donors (Lipinski definition) is 1. The van der Waals surface area contributed by atoms with E-state index in [2.05, 4.69) is 25.3 Å². The molecule has 0 saturated carbocycles. The minimum Gasteiger partial charge on any atom is -0.481 e. The Morgan fingerprint density at radius 1 is 1.31 bits per heavy atom. The summed E-state index contributed by atoms with van der Waals surface area (Å²) in [6, 6.07) is 9.14. The van der Waals surface area contributed by atoms with Crippen molar-refractivity contribution >= 4 is 17.4 Å². The quantitative estimate of drug-likeness (QED) is 0.765. The lowest BCUT2D eigenvalue weighted by molar-refractivity contribution is 0.0934. The maximum atomic E-state index is 12.4. The Morgan fingerprint density at radius 3 is 3.04 bits per heavy atom. The van der Waals surface area contributed by atoms with Crippen LogP contribution in [0.2, 0.25) is 0 Å². The topological polar surface area (TPSA) is 84.7 Å². The van der Waals surface area contributed by atoms with Gasteiger partial charge in [-0.25, -0.2) is 14.5 Å². The number of carbonyl (C=O) groups excluding carboxylic acids is 1. The van der Waals surface area contributed by atoms with E-state index in [0.717, 1.165) is 30.1 Å². The van der Waals surface area contributed by atoms with Crippen LogP contribution >= 0.6 is 0 Å². The third kappa shape index (κ3) is 3.05. The normalized spacial score (nSPS) is 16.8. The van der Waals surface area contributed by atoms with Gasteiger partial charge in [-0.2, -0.15) is 0 Å². The van der Waals surface area contributed by atoms with E-state index in [0.29, 0.717) is 18.1 Å². The minimum atomic E-state index is -0.190. The number of nitrogens with zero attached hydrogens (tertiary/aromatic N) is 5. The van der Waals surface area contributed by atoms with Crippen LogP contribution in [0.15, 0.2) is 36.5 Å². The van der Waals surface area contributed by atoms with Crippen molar-refractivity contribution in [3.8, 4) is 5.88 Å². The molecule has 0 spiro atoms. The average Bonchev–Trinajstić information content (AvgIpc) is 3.28. The van der Waals surface area contributed by atoms with E-state index in [1.54, 1.807) is 24.4 Å². The highest BCUT2D eigenvalue weighted by molar-refractivity contribution is 5.92. The van der Waals surface area contributed by atoms with Gasteiger partial charge in [0.15, 0.2) is 5.65 Å². The Bertz CT molecular complexity index is 954. The van der Waals surface area contributed by atoms with Gasteiger partial charge >= 0.3 is 0 Å². The number of rotatable bonds is 4. The van der Waals surface area contributed by atoms with Gasteiger partial charge in [-0.3, -0.25) is 4.79 Å². The smallest absolute Gasteiger partial charge is 0.270 e. The molecule has 1 aliphatic heterocycles. The van der Waals surface area contributed by atoms with Crippen molar-refractivity contribution in [1.29, 1.82) is 0 Å². The van der Waals surface area contributed by atoms with Crippen LogP contribution in [-0.2, 0) is 0 Å². The Morgan fingerprint density at radius 2 is 2.19 bits per heavy atom. The molecule has 8 nitrogen and oxygen atoms in total. The van der Waals surface area contributed by atoms with Crippen LogP contribution in [0.4, 0.5) is 5.82 Å². The van der Waals surface area contributed by atoms with Crippen LogP contribution in [0.5, 0.6) is 5.88 Å². The van der Waals surface area contributed by atoms with Crippen molar-refractivity contribution in [2.24, 2.45) is 0 Å². The highest BCUT2D eigenvalue weighted by Gasteiger charge is 2.26. The molecule has 1 aliphatic rings. The van der Waals surface area contributed by atoms with Gasteiger partial charge in [0.2, 0.25) is 5.88 Å². The number of imidazole rings is 1. The number of carbonyl (C=O) groups is 1. The molecule has 1 atom stereocenters. The van der Waals surface area contributed by atoms with Gasteiger partial charge in [-0.15, -0.1) is 5.10 Å². The molecule has 0 aromatic carbocycles. The number of amides is 1. The summed E-state index contributed by atoms with van der Waals surface area (Å²) < 4.78 is 6.91. The Balaban J connectivity index is 1.44. The van der Waals surface area contributed by atoms with Gasteiger partial charge < -0.3 is 15.0 Å². The summed E-state index contributed by atoms with van der Waals surface area (Å²) in [5.74, 6) is 1.12. The van der Waals surface area contributed by atoms with E-state index in [4.69, 9.17) is 4.74 Å².